The van der Waals surface area contributed by atoms with Crippen LogP contribution in [0.15, 0.2) is 0 Å². The van der Waals surface area contributed by atoms with E-state index in [1.807, 2.05) is 13.8 Å². The van der Waals surface area contributed by atoms with Crippen molar-refractivity contribution in [3.05, 3.63) is 0 Å². The molecule has 3 nitrogen and oxygen atoms in total. The quantitative estimate of drug-likeness (QED) is 0.767. The highest BCUT2D eigenvalue weighted by Gasteiger charge is 2.20. The largest absolute Gasteiger partial charge is 0.312 e. The van der Waals surface area contributed by atoms with Crippen molar-refractivity contribution in [2.24, 2.45) is 5.41 Å². The average Bonchev–Trinajstić information content (AvgIpc) is 2.40. The molecule has 0 spiro atoms. The Labute approximate surface area is 93.5 Å². The first-order valence-corrected chi connectivity index (χ1v) is 5.87. The van der Waals surface area contributed by atoms with E-state index in [0.717, 1.165) is 6.54 Å². The first kappa shape index (κ1) is 12.5. The Kier molecular flexibility index (Phi) is 4.56. The summed E-state index contributed by atoms with van der Waals surface area (Å²) in [7, 11) is 2.18. The van der Waals surface area contributed by atoms with Crippen LogP contribution in [0, 0.1) is 16.7 Å². The number of nitriles is 1. The highest BCUT2D eigenvalue weighted by molar-refractivity contribution is 4.94. The number of rotatable bonds is 3. The summed E-state index contributed by atoms with van der Waals surface area (Å²) < 4.78 is 0. The van der Waals surface area contributed by atoms with Crippen molar-refractivity contribution in [2.45, 2.75) is 39.2 Å². The maximum atomic E-state index is 8.92. The number of hydrogen-bond acceptors (Lipinski definition) is 3. The molecule has 0 aromatic carbocycles. The van der Waals surface area contributed by atoms with E-state index in [1.165, 1.54) is 32.4 Å². The molecule has 1 aliphatic heterocycles. The topological polar surface area (TPSA) is 39.1 Å². The van der Waals surface area contributed by atoms with Gasteiger partial charge in [0.05, 0.1) is 11.5 Å². The Bertz CT molecular complexity index is 230. The number of nitrogens with one attached hydrogen (secondary N) is 1. The minimum Gasteiger partial charge on any atom is -0.312 e. The third kappa shape index (κ3) is 4.63. The van der Waals surface area contributed by atoms with Gasteiger partial charge in [-0.3, -0.25) is 0 Å². The molecular formula is C12H23N3. The summed E-state index contributed by atoms with van der Waals surface area (Å²) in [4.78, 5) is 2.39. The molecule has 1 heterocycles. The Hall–Kier alpha value is -0.590. The van der Waals surface area contributed by atoms with Crippen molar-refractivity contribution in [2.75, 3.05) is 26.7 Å². The van der Waals surface area contributed by atoms with Gasteiger partial charge >= 0.3 is 0 Å². The van der Waals surface area contributed by atoms with Crippen LogP contribution in [0.4, 0.5) is 0 Å². The lowest BCUT2D eigenvalue weighted by Crippen LogP contribution is -2.37. The Morgan fingerprint density at radius 2 is 2.13 bits per heavy atom. The van der Waals surface area contributed by atoms with Gasteiger partial charge in [0.1, 0.15) is 0 Å². The third-order valence-corrected chi connectivity index (χ3v) is 3.09. The van der Waals surface area contributed by atoms with Crippen LogP contribution in [0.5, 0.6) is 0 Å². The molecule has 1 unspecified atom stereocenters. The fraction of sp³-hybridized carbons (Fsp3) is 0.917. The highest BCUT2D eigenvalue weighted by atomic mass is 15.1. The number of hydrogen-bond donors (Lipinski definition) is 1. The maximum Gasteiger partial charge on any atom is 0.0697 e. The van der Waals surface area contributed by atoms with Crippen LogP contribution in [-0.2, 0) is 0 Å². The smallest absolute Gasteiger partial charge is 0.0697 e. The zero-order valence-electron chi connectivity index (χ0n) is 10.2. The summed E-state index contributed by atoms with van der Waals surface area (Å²) in [6.07, 6.45) is 3.71. The lowest BCUT2D eigenvalue weighted by Gasteiger charge is -2.22. The molecule has 0 aromatic heterocycles. The molecule has 1 saturated heterocycles. The molecule has 0 aromatic rings. The van der Waals surface area contributed by atoms with Crippen LogP contribution in [0.1, 0.15) is 33.1 Å². The van der Waals surface area contributed by atoms with Gasteiger partial charge < -0.3 is 10.2 Å². The second kappa shape index (κ2) is 5.48. The molecule has 0 saturated carbocycles. The van der Waals surface area contributed by atoms with E-state index in [-0.39, 0.29) is 5.41 Å². The molecular weight excluding hydrogens is 186 g/mol. The molecule has 86 valence electrons. The minimum atomic E-state index is -0.238. The maximum absolute atomic E-state index is 8.92. The zero-order chi connectivity index (χ0) is 11.3. The molecule has 3 heteroatoms. The predicted molar refractivity (Wildman–Crippen MR) is 62.5 cm³/mol. The molecule has 0 bridgehead atoms. The molecule has 0 radical (unpaired) electrons. The van der Waals surface area contributed by atoms with E-state index in [4.69, 9.17) is 5.26 Å². The fourth-order valence-electron chi connectivity index (χ4n) is 1.88. The van der Waals surface area contributed by atoms with E-state index in [9.17, 15) is 0 Å². The molecule has 1 fully saturated rings. The van der Waals surface area contributed by atoms with Crippen LogP contribution in [0.2, 0.25) is 0 Å². The summed E-state index contributed by atoms with van der Waals surface area (Å²) in [5.74, 6) is 0. The molecule has 0 aliphatic carbocycles. The lowest BCUT2D eigenvalue weighted by molar-refractivity contribution is 0.337. The van der Waals surface area contributed by atoms with E-state index in [2.05, 4.69) is 23.3 Å². The Morgan fingerprint density at radius 1 is 1.40 bits per heavy atom. The van der Waals surface area contributed by atoms with Crippen LogP contribution in [0.3, 0.4) is 0 Å². The number of likely N-dealkylation sites (tertiary alicyclic amines) is 1. The van der Waals surface area contributed by atoms with Crippen LogP contribution < -0.4 is 5.32 Å². The van der Waals surface area contributed by atoms with Crippen LogP contribution in [-0.4, -0.2) is 37.6 Å². The lowest BCUT2D eigenvalue weighted by atomic mass is 9.95. The van der Waals surface area contributed by atoms with Gasteiger partial charge in [0.15, 0.2) is 0 Å². The Balaban J connectivity index is 2.30. The Morgan fingerprint density at radius 3 is 2.80 bits per heavy atom. The first-order valence-electron chi connectivity index (χ1n) is 5.87. The summed E-state index contributed by atoms with van der Waals surface area (Å²) in [5, 5.41) is 12.4. The standard InChI is InChI=1S/C12H23N3/c1-12(2,9-13)10-14-11-5-4-7-15(3)8-6-11/h11,14H,4-8,10H2,1-3H3. The summed E-state index contributed by atoms with van der Waals surface area (Å²) in [5.41, 5.74) is -0.238. The van der Waals surface area contributed by atoms with Gasteiger partial charge in [-0.05, 0) is 53.2 Å². The van der Waals surface area contributed by atoms with Crippen molar-refractivity contribution < 1.29 is 0 Å². The number of nitrogens with zero attached hydrogens (tertiary/aromatic N) is 2. The average molecular weight is 209 g/mol. The van der Waals surface area contributed by atoms with Gasteiger partial charge in [-0.2, -0.15) is 5.26 Å². The summed E-state index contributed by atoms with van der Waals surface area (Å²) in [6, 6.07) is 2.93. The zero-order valence-corrected chi connectivity index (χ0v) is 10.2. The fourth-order valence-corrected chi connectivity index (χ4v) is 1.88. The SMILES string of the molecule is CN1CCCC(NCC(C)(C)C#N)CC1. The summed E-state index contributed by atoms with van der Waals surface area (Å²) >= 11 is 0. The molecule has 15 heavy (non-hydrogen) atoms. The molecule has 1 N–H and O–H groups in total. The monoisotopic (exact) mass is 209 g/mol. The van der Waals surface area contributed by atoms with Gasteiger partial charge in [0.25, 0.3) is 0 Å². The van der Waals surface area contributed by atoms with Gasteiger partial charge in [0, 0.05) is 12.6 Å². The molecule has 1 aliphatic rings. The van der Waals surface area contributed by atoms with Crippen molar-refractivity contribution in [1.29, 1.82) is 5.26 Å². The minimum absolute atomic E-state index is 0.238. The van der Waals surface area contributed by atoms with E-state index in [0.29, 0.717) is 6.04 Å². The van der Waals surface area contributed by atoms with E-state index < -0.39 is 0 Å². The first-order chi connectivity index (χ1) is 7.03. The van der Waals surface area contributed by atoms with E-state index >= 15 is 0 Å². The molecule has 1 rings (SSSR count). The van der Waals surface area contributed by atoms with Crippen molar-refractivity contribution in [3.8, 4) is 6.07 Å². The normalized spacial score (nSPS) is 24.5. The van der Waals surface area contributed by atoms with Crippen molar-refractivity contribution in [3.63, 3.8) is 0 Å². The van der Waals surface area contributed by atoms with E-state index in [1.54, 1.807) is 0 Å². The van der Waals surface area contributed by atoms with Gasteiger partial charge in [-0.1, -0.05) is 0 Å². The van der Waals surface area contributed by atoms with Gasteiger partial charge in [0.2, 0.25) is 0 Å². The highest BCUT2D eigenvalue weighted by Crippen LogP contribution is 2.14. The second-order valence-corrected chi connectivity index (χ2v) is 5.31. The van der Waals surface area contributed by atoms with Gasteiger partial charge in [-0.25, -0.2) is 0 Å². The molecule has 0 amide bonds. The second-order valence-electron chi connectivity index (χ2n) is 5.31. The predicted octanol–water partition coefficient (Wildman–Crippen LogP) is 1.61. The van der Waals surface area contributed by atoms with Crippen molar-refractivity contribution >= 4 is 0 Å². The van der Waals surface area contributed by atoms with Gasteiger partial charge in [-0.15, -0.1) is 0 Å². The van der Waals surface area contributed by atoms with Crippen LogP contribution in [0.25, 0.3) is 0 Å². The third-order valence-electron chi connectivity index (χ3n) is 3.09. The summed E-state index contributed by atoms with van der Waals surface area (Å²) in [6.45, 7) is 7.16. The van der Waals surface area contributed by atoms with Crippen LogP contribution >= 0.6 is 0 Å². The van der Waals surface area contributed by atoms with Crippen molar-refractivity contribution in [1.82, 2.24) is 10.2 Å². The molecule has 1 atom stereocenters.